The Balaban J connectivity index is 3.87. The Bertz CT molecular complexity index is 196. The summed E-state index contributed by atoms with van der Waals surface area (Å²) >= 11 is 0. The van der Waals surface area contributed by atoms with Crippen molar-refractivity contribution in [1.82, 2.24) is 5.32 Å². The number of rotatable bonds is 5. The Kier molecular flexibility index (Phi) is 5.88. The molecule has 0 saturated heterocycles. The molecular weight excluding hydrogens is 188 g/mol. The summed E-state index contributed by atoms with van der Waals surface area (Å²) in [6, 6.07) is 0.0827. The third-order valence-electron chi connectivity index (χ3n) is 2.26. The fourth-order valence-corrected chi connectivity index (χ4v) is 1.83. The zero-order chi connectivity index (χ0) is 12.1. The highest BCUT2D eigenvalue weighted by molar-refractivity contribution is 5.76. The zero-order valence-corrected chi connectivity index (χ0v) is 10.8. The second kappa shape index (κ2) is 6.11. The molecule has 0 aromatic carbocycles. The van der Waals surface area contributed by atoms with Crippen LogP contribution in [-0.2, 0) is 4.79 Å². The monoisotopic (exact) mass is 214 g/mol. The Morgan fingerprint density at radius 3 is 2.27 bits per heavy atom. The third kappa shape index (κ3) is 8.43. The summed E-state index contributed by atoms with van der Waals surface area (Å²) in [5.74, 6) is 0.541. The number of hydrogen-bond donors (Lipinski definition) is 2. The highest BCUT2D eigenvalue weighted by Crippen LogP contribution is 2.25. The molecule has 0 saturated carbocycles. The van der Waals surface area contributed by atoms with Crippen molar-refractivity contribution in [2.45, 2.75) is 53.5 Å². The molecule has 0 aliphatic carbocycles. The van der Waals surface area contributed by atoms with Crippen molar-refractivity contribution in [2.75, 3.05) is 6.54 Å². The van der Waals surface area contributed by atoms with Crippen LogP contribution >= 0.6 is 0 Å². The van der Waals surface area contributed by atoms with Gasteiger partial charge in [-0.05, 0) is 24.7 Å². The maximum atomic E-state index is 11.5. The number of nitrogens with one attached hydrogen (secondary N) is 1. The quantitative estimate of drug-likeness (QED) is 0.734. The number of carbonyl (C=O) groups is 1. The van der Waals surface area contributed by atoms with E-state index in [2.05, 4.69) is 33.0 Å². The molecule has 0 aliphatic heterocycles. The molecule has 0 spiro atoms. The predicted molar refractivity (Wildman–Crippen MR) is 64.5 cm³/mol. The van der Waals surface area contributed by atoms with Crippen LogP contribution in [0.15, 0.2) is 0 Å². The first kappa shape index (κ1) is 14.4. The van der Waals surface area contributed by atoms with Crippen molar-refractivity contribution in [3.8, 4) is 0 Å². The largest absolute Gasteiger partial charge is 0.352 e. The Hall–Kier alpha value is -0.570. The smallest absolute Gasteiger partial charge is 0.220 e. The van der Waals surface area contributed by atoms with E-state index in [9.17, 15) is 4.79 Å². The van der Waals surface area contributed by atoms with Crippen LogP contribution in [-0.4, -0.2) is 18.5 Å². The average Bonchev–Trinajstić information content (AvgIpc) is 1.99. The molecule has 0 aromatic heterocycles. The van der Waals surface area contributed by atoms with Gasteiger partial charge in [0.25, 0.3) is 0 Å². The third-order valence-corrected chi connectivity index (χ3v) is 2.26. The van der Waals surface area contributed by atoms with Crippen LogP contribution in [0.3, 0.4) is 0 Å². The summed E-state index contributed by atoms with van der Waals surface area (Å²) in [4.78, 5) is 11.5. The first-order valence-electron chi connectivity index (χ1n) is 5.74. The van der Waals surface area contributed by atoms with Crippen LogP contribution in [0.25, 0.3) is 0 Å². The van der Waals surface area contributed by atoms with E-state index in [4.69, 9.17) is 5.73 Å². The maximum absolute atomic E-state index is 11.5. The zero-order valence-electron chi connectivity index (χ0n) is 10.8. The lowest BCUT2D eigenvalue weighted by Crippen LogP contribution is -2.38. The lowest BCUT2D eigenvalue weighted by molar-refractivity contribution is -0.122. The first-order chi connectivity index (χ1) is 6.74. The van der Waals surface area contributed by atoms with Crippen molar-refractivity contribution >= 4 is 5.91 Å². The van der Waals surface area contributed by atoms with Gasteiger partial charge in [-0.1, -0.05) is 27.7 Å². The van der Waals surface area contributed by atoms with Gasteiger partial charge in [0.2, 0.25) is 5.91 Å². The topological polar surface area (TPSA) is 55.1 Å². The van der Waals surface area contributed by atoms with Gasteiger partial charge in [0.1, 0.15) is 0 Å². The molecule has 0 aromatic rings. The van der Waals surface area contributed by atoms with Crippen LogP contribution in [0.1, 0.15) is 47.5 Å². The van der Waals surface area contributed by atoms with Crippen molar-refractivity contribution in [1.29, 1.82) is 0 Å². The molecule has 0 bridgehead atoms. The van der Waals surface area contributed by atoms with Gasteiger partial charge in [0.05, 0.1) is 0 Å². The molecule has 3 nitrogen and oxygen atoms in total. The van der Waals surface area contributed by atoms with E-state index in [0.717, 1.165) is 6.42 Å². The summed E-state index contributed by atoms with van der Waals surface area (Å²) in [5.41, 5.74) is 5.73. The Morgan fingerprint density at radius 1 is 1.33 bits per heavy atom. The van der Waals surface area contributed by atoms with Gasteiger partial charge in [-0.25, -0.2) is 0 Å². The molecule has 0 fully saturated rings. The van der Waals surface area contributed by atoms with Crippen molar-refractivity contribution in [2.24, 2.45) is 17.1 Å². The lowest BCUT2D eigenvalue weighted by atomic mass is 9.84. The van der Waals surface area contributed by atoms with Crippen LogP contribution in [0, 0.1) is 11.3 Å². The van der Waals surface area contributed by atoms with Crippen LogP contribution in [0.2, 0.25) is 0 Å². The van der Waals surface area contributed by atoms with Gasteiger partial charge >= 0.3 is 0 Å². The van der Waals surface area contributed by atoms with Crippen LogP contribution < -0.4 is 11.1 Å². The van der Waals surface area contributed by atoms with E-state index in [1.807, 2.05) is 6.92 Å². The van der Waals surface area contributed by atoms with Gasteiger partial charge in [-0.15, -0.1) is 0 Å². The number of amides is 1. The number of hydrogen-bond acceptors (Lipinski definition) is 2. The molecule has 0 aliphatic rings. The van der Waals surface area contributed by atoms with Gasteiger partial charge in [0.15, 0.2) is 0 Å². The molecule has 15 heavy (non-hydrogen) atoms. The first-order valence-corrected chi connectivity index (χ1v) is 5.74. The van der Waals surface area contributed by atoms with E-state index in [0.29, 0.717) is 24.3 Å². The highest BCUT2D eigenvalue weighted by Gasteiger charge is 2.18. The fraction of sp³-hybridized carbons (Fsp3) is 0.917. The minimum Gasteiger partial charge on any atom is -0.352 e. The molecule has 0 heterocycles. The van der Waals surface area contributed by atoms with E-state index in [1.165, 1.54) is 0 Å². The van der Waals surface area contributed by atoms with Crippen molar-refractivity contribution in [3.05, 3.63) is 0 Å². The van der Waals surface area contributed by atoms with Crippen LogP contribution in [0.5, 0.6) is 0 Å². The van der Waals surface area contributed by atoms with E-state index in [1.54, 1.807) is 0 Å². The summed E-state index contributed by atoms with van der Waals surface area (Å²) in [6.45, 7) is 11.1. The molecule has 90 valence electrons. The predicted octanol–water partition coefficient (Wildman–Crippen LogP) is 1.91. The Labute approximate surface area is 93.8 Å². The molecule has 1 amide bonds. The molecule has 2 unspecified atom stereocenters. The molecule has 3 N–H and O–H groups in total. The van der Waals surface area contributed by atoms with Gasteiger partial charge < -0.3 is 11.1 Å². The maximum Gasteiger partial charge on any atom is 0.220 e. The minimum atomic E-state index is 0.0827. The second-order valence-electron chi connectivity index (χ2n) is 5.78. The number of carbonyl (C=O) groups excluding carboxylic acids is 1. The molecule has 3 heteroatoms. The molecule has 0 rings (SSSR count). The van der Waals surface area contributed by atoms with Gasteiger partial charge in [-0.2, -0.15) is 0 Å². The summed E-state index contributed by atoms with van der Waals surface area (Å²) in [7, 11) is 0. The lowest BCUT2D eigenvalue weighted by Gasteiger charge is -2.23. The average molecular weight is 214 g/mol. The Morgan fingerprint density at radius 2 is 1.87 bits per heavy atom. The van der Waals surface area contributed by atoms with Crippen LogP contribution in [0.4, 0.5) is 0 Å². The molecule has 2 atom stereocenters. The fourth-order valence-electron chi connectivity index (χ4n) is 1.83. The van der Waals surface area contributed by atoms with Gasteiger partial charge in [0, 0.05) is 19.0 Å². The summed E-state index contributed by atoms with van der Waals surface area (Å²) < 4.78 is 0. The summed E-state index contributed by atoms with van der Waals surface area (Å²) in [6.07, 6.45) is 1.67. The van der Waals surface area contributed by atoms with E-state index < -0.39 is 0 Å². The minimum absolute atomic E-state index is 0.0827. The standard InChI is InChI=1S/C12H26N2O/c1-9(7-12(3,4)5)6-11(15)14-10(2)8-13/h9-10H,6-8,13H2,1-5H3,(H,14,15). The highest BCUT2D eigenvalue weighted by atomic mass is 16.1. The number of nitrogens with two attached hydrogens (primary N) is 1. The molecule has 0 radical (unpaired) electrons. The van der Waals surface area contributed by atoms with E-state index >= 15 is 0 Å². The van der Waals surface area contributed by atoms with Crippen molar-refractivity contribution in [3.63, 3.8) is 0 Å². The van der Waals surface area contributed by atoms with E-state index in [-0.39, 0.29) is 11.9 Å². The SMILES string of the molecule is CC(CC(=O)NC(C)CN)CC(C)(C)C. The summed E-state index contributed by atoms with van der Waals surface area (Å²) in [5, 5.41) is 2.88. The normalized spacial score (nSPS) is 15.9. The van der Waals surface area contributed by atoms with Gasteiger partial charge in [-0.3, -0.25) is 4.79 Å². The second-order valence-corrected chi connectivity index (χ2v) is 5.78. The van der Waals surface area contributed by atoms with Crippen molar-refractivity contribution < 1.29 is 4.79 Å². The molecular formula is C12H26N2O.